The van der Waals surface area contributed by atoms with E-state index in [1.807, 2.05) is 51.4 Å². The van der Waals surface area contributed by atoms with E-state index < -0.39 is 47.8 Å². The molecule has 0 bridgehead atoms. The quantitative estimate of drug-likeness (QED) is 0.214. The van der Waals surface area contributed by atoms with Gasteiger partial charge < -0.3 is 19.6 Å². The van der Waals surface area contributed by atoms with Gasteiger partial charge in [0, 0.05) is 5.54 Å². The summed E-state index contributed by atoms with van der Waals surface area (Å²) in [5.41, 5.74) is -0.813. The maximum atomic E-state index is 12.5. The molecule has 0 amide bonds. The van der Waals surface area contributed by atoms with Gasteiger partial charge in [-0.25, -0.2) is 0 Å². The van der Waals surface area contributed by atoms with Crippen molar-refractivity contribution in [1.29, 1.82) is 0 Å². The molecule has 0 saturated carbocycles. The van der Waals surface area contributed by atoms with E-state index in [2.05, 4.69) is 0 Å². The summed E-state index contributed by atoms with van der Waals surface area (Å²) in [4.78, 5) is 45.5. The Bertz CT molecular complexity index is 564. The third-order valence-corrected chi connectivity index (χ3v) is 10.4. The first kappa shape index (κ1) is 32.8. The fourth-order valence-electron chi connectivity index (χ4n) is 5.07. The average molecular weight is 607 g/mol. The summed E-state index contributed by atoms with van der Waals surface area (Å²) in [6.45, 7) is 14.4. The third kappa shape index (κ3) is 7.31. The maximum absolute atomic E-state index is 12.5. The molecule has 0 unspecified atom stereocenters. The fourth-order valence-corrected chi connectivity index (χ4v) is 8.90. The number of nitrogens with zero attached hydrogens (tertiary/aromatic N) is 1. The Hall–Kier alpha value is 1.64. The molecule has 0 fully saturated rings. The summed E-state index contributed by atoms with van der Waals surface area (Å²) >= 11 is -2.24. The van der Waals surface area contributed by atoms with Crippen molar-refractivity contribution in [3.05, 3.63) is 0 Å². The summed E-state index contributed by atoms with van der Waals surface area (Å²) in [6, 6.07) is 0. The van der Waals surface area contributed by atoms with Crippen LogP contribution in [0.2, 0.25) is 9.88 Å². The van der Waals surface area contributed by atoms with Crippen LogP contribution in [0.25, 0.3) is 0 Å². The Labute approximate surface area is 188 Å². The molecule has 0 rings (SSSR count). The first-order chi connectivity index (χ1) is 12.4. The minimum atomic E-state index is -5.19. The molecule has 0 aliphatic rings. The number of hydrogen-bond acceptors (Lipinski definition) is 3. The predicted octanol–water partition coefficient (Wildman–Crippen LogP) is 5.46. The minimum absolute atomic E-state index is 0.0845. The van der Waals surface area contributed by atoms with E-state index in [1.54, 1.807) is 0 Å². The van der Waals surface area contributed by atoms with Crippen LogP contribution in [-0.2, 0) is 9.13 Å². The summed E-state index contributed by atoms with van der Waals surface area (Å²) in [7, 11) is 2.07. The molecule has 0 aliphatic heterocycles. The third-order valence-electron chi connectivity index (χ3n) is 5.48. The molecular weight excluding hydrogens is 566 g/mol. The van der Waals surface area contributed by atoms with Crippen LogP contribution >= 0.6 is 33.0 Å². The molecule has 0 aromatic carbocycles. The van der Waals surface area contributed by atoms with E-state index in [1.165, 1.54) is 25.8 Å². The zero-order valence-corrected chi connectivity index (χ0v) is 25.7. The van der Waals surface area contributed by atoms with Crippen LogP contribution in [-0.4, -0.2) is 58.2 Å². The second-order valence-electron chi connectivity index (χ2n) is 9.17. The van der Waals surface area contributed by atoms with Crippen LogP contribution in [0.4, 0.5) is 0 Å². The van der Waals surface area contributed by atoms with Gasteiger partial charge in [-0.1, -0.05) is 55.4 Å². The van der Waals surface area contributed by atoms with E-state index >= 15 is 0 Å². The van der Waals surface area contributed by atoms with E-state index in [9.17, 15) is 28.7 Å². The van der Waals surface area contributed by atoms with Crippen molar-refractivity contribution < 1.29 is 28.7 Å². The first-order valence-electron chi connectivity index (χ1n) is 9.66. The van der Waals surface area contributed by atoms with Gasteiger partial charge in [-0.15, -0.1) is 0 Å². The summed E-state index contributed by atoms with van der Waals surface area (Å²) in [5, 5.41) is -2.57. The molecule has 12 heteroatoms. The standard InChI is InChI=1S/C15H35NO6P2.2CH3.2ClH.Sn/c1-10(2)14(11(3)4,12(5)6)16(9)15(13(7)8,23(17,18)19)24(20,21)22;;;;;/h10-13H,1-9H3,(H2,17,18,19)(H2,20,21,22);2*1H3;2*1H;/q;;;;;+2/p-2. The number of rotatable bonds is 8. The Kier molecular flexibility index (Phi) is 12.6. The van der Waals surface area contributed by atoms with Gasteiger partial charge in [0.25, 0.3) is 0 Å². The van der Waals surface area contributed by atoms with Gasteiger partial charge in [0.1, 0.15) is 0 Å². The van der Waals surface area contributed by atoms with Gasteiger partial charge in [-0.2, -0.15) is 0 Å². The van der Waals surface area contributed by atoms with Crippen LogP contribution < -0.4 is 0 Å². The molecule has 29 heavy (non-hydrogen) atoms. The molecule has 0 heterocycles. The Morgan fingerprint density at radius 1 is 0.724 bits per heavy atom. The average Bonchev–Trinajstić information content (AvgIpc) is 2.31. The van der Waals surface area contributed by atoms with Gasteiger partial charge in [-0.3, -0.25) is 14.0 Å². The summed E-state index contributed by atoms with van der Waals surface area (Å²) < 4.78 is 24.9. The Morgan fingerprint density at radius 3 is 1.03 bits per heavy atom. The Morgan fingerprint density at radius 2 is 0.931 bits per heavy atom. The van der Waals surface area contributed by atoms with E-state index in [-0.39, 0.29) is 17.8 Å². The zero-order chi connectivity index (χ0) is 24.4. The van der Waals surface area contributed by atoms with Crippen molar-refractivity contribution in [1.82, 2.24) is 4.90 Å². The van der Waals surface area contributed by atoms with Gasteiger partial charge in [-0.05, 0) is 30.7 Å². The Balaban J connectivity index is 0. The molecule has 7 nitrogen and oxygen atoms in total. The second kappa shape index (κ2) is 11.2. The molecule has 178 valence electrons. The zero-order valence-electron chi connectivity index (χ0n) is 19.5. The van der Waals surface area contributed by atoms with Crippen molar-refractivity contribution in [3.63, 3.8) is 0 Å². The van der Waals surface area contributed by atoms with Crippen molar-refractivity contribution >= 4 is 49.2 Å². The van der Waals surface area contributed by atoms with Crippen LogP contribution in [0.15, 0.2) is 0 Å². The van der Waals surface area contributed by atoms with Crippen LogP contribution in [0.5, 0.6) is 0 Å². The van der Waals surface area contributed by atoms with E-state index in [4.69, 9.17) is 17.8 Å². The van der Waals surface area contributed by atoms with Crippen LogP contribution in [0, 0.1) is 23.7 Å². The normalized spacial score (nSPS) is 14.8. The van der Waals surface area contributed by atoms with Gasteiger partial charge in [0.05, 0.1) is 0 Å². The molecule has 0 radical (unpaired) electrons. The van der Waals surface area contributed by atoms with Gasteiger partial charge in [0.15, 0.2) is 0 Å². The van der Waals surface area contributed by atoms with Crippen LogP contribution in [0.3, 0.4) is 0 Å². The fraction of sp³-hybridized carbons (Fsp3) is 1.00. The van der Waals surface area contributed by atoms with Crippen molar-refractivity contribution in [3.8, 4) is 0 Å². The van der Waals surface area contributed by atoms with Crippen molar-refractivity contribution in [2.75, 3.05) is 7.05 Å². The van der Waals surface area contributed by atoms with Crippen molar-refractivity contribution in [2.24, 2.45) is 23.7 Å². The molecule has 0 aliphatic carbocycles. The molecule has 0 saturated heterocycles. The van der Waals surface area contributed by atoms with Crippen molar-refractivity contribution in [2.45, 2.75) is 75.8 Å². The topological polar surface area (TPSA) is 118 Å². The van der Waals surface area contributed by atoms with E-state index in [0.29, 0.717) is 0 Å². The monoisotopic (exact) mass is 607 g/mol. The summed E-state index contributed by atoms with van der Waals surface area (Å²) in [5.74, 6) is -1.21. The van der Waals surface area contributed by atoms with Crippen LogP contribution in [0.1, 0.15) is 55.4 Å². The molecule has 0 aromatic rings. The number of hydrogen-bond donors (Lipinski definition) is 4. The molecule has 0 spiro atoms. The molecule has 0 atom stereocenters. The van der Waals surface area contributed by atoms with E-state index in [0.717, 1.165) is 0 Å². The number of halogens is 2. The molecular formula is C17H41Cl2NO6P2Sn. The molecule has 0 aromatic heterocycles. The van der Waals surface area contributed by atoms with Gasteiger partial charge in [0.2, 0.25) is 5.02 Å². The first-order valence-corrected chi connectivity index (χ1v) is 25.8. The van der Waals surface area contributed by atoms with Gasteiger partial charge >= 0.3 is 59.0 Å². The molecule has 4 N–H and O–H groups in total. The SMILES string of the molecule is CC(C)C(C(C)C)(C(C)C)N(C)C(C(C)C)(P(=O)(O)O)P(=O)(O)O.[CH3][Sn]([CH3])([Cl])[Cl]. The predicted molar refractivity (Wildman–Crippen MR) is 126 cm³/mol. The second-order valence-corrected chi connectivity index (χ2v) is 34.6. The summed E-state index contributed by atoms with van der Waals surface area (Å²) in [6.07, 6.45) is 0.